The van der Waals surface area contributed by atoms with Crippen LogP contribution in [0.25, 0.3) is 0 Å². The second-order valence-electron chi connectivity index (χ2n) is 7.58. The van der Waals surface area contributed by atoms with Crippen molar-refractivity contribution >= 4 is 0 Å². The topological polar surface area (TPSA) is 74.1 Å². The summed E-state index contributed by atoms with van der Waals surface area (Å²) in [4.78, 5) is 17.6. The lowest BCUT2D eigenvalue weighted by Crippen LogP contribution is -2.48. The van der Waals surface area contributed by atoms with Gasteiger partial charge in [-0.1, -0.05) is 5.16 Å². The number of hydrogen-bond acceptors (Lipinski definition) is 6. The van der Waals surface area contributed by atoms with Crippen LogP contribution in [-0.4, -0.2) is 63.1 Å². The zero-order chi connectivity index (χ0) is 16.9. The third kappa shape index (κ3) is 2.56. The van der Waals surface area contributed by atoms with Crippen molar-refractivity contribution in [1.29, 1.82) is 0 Å². The Balaban J connectivity index is 1.60. The Morgan fingerprint density at radius 3 is 2.75 bits per heavy atom. The van der Waals surface area contributed by atoms with Gasteiger partial charge in [0.1, 0.15) is 5.82 Å². The lowest BCUT2D eigenvalue weighted by atomic mass is 9.72. The average Bonchev–Trinajstić information content (AvgIpc) is 3.18. The van der Waals surface area contributed by atoms with Gasteiger partial charge in [-0.3, -0.25) is 4.90 Å². The molecule has 2 aliphatic rings. The molecule has 130 valence electrons. The Morgan fingerprint density at radius 1 is 1.25 bits per heavy atom. The molecule has 1 N–H and O–H groups in total. The summed E-state index contributed by atoms with van der Waals surface area (Å²) >= 11 is 0. The van der Waals surface area contributed by atoms with Gasteiger partial charge >= 0.3 is 0 Å². The molecule has 0 saturated carbocycles. The highest BCUT2D eigenvalue weighted by atomic mass is 16.5. The molecule has 0 aliphatic carbocycles. The Bertz CT molecular complexity index is 718. The van der Waals surface area contributed by atoms with Gasteiger partial charge in [0.25, 0.3) is 0 Å². The SMILES string of the molecule is Cc1noc([C@@]23CCN(C)C[C@@H]2CN(Cc2nc(C)c(C)[nH]2)C3)n1. The number of aromatic nitrogens is 4. The van der Waals surface area contributed by atoms with E-state index in [1.807, 2.05) is 6.92 Å². The molecule has 4 rings (SSSR count). The van der Waals surface area contributed by atoms with Crippen molar-refractivity contribution in [2.45, 2.75) is 39.2 Å². The standard InChI is InChI=1S/C17H26N6O/c1-11-12(2)19-15(18-11)9-23-8-14-7-22(4)6-5-17(14,10-23)16-20-13(3)21-24-16/h14H,5-10H2,1-4H3,(H,18,19)/t14-,17-/m1/s1. The number of fused-ring (bicyclic) bond motifs is 1. The molecule has 0 amide bonds. The number of imidazole rings is 1. The quantitative estimate of drug-likeness (QED) is 0.917. The van der Waals surface area contributed by atoms with Crippen molar-refractivity contribution in [3.8, 4) is 0 Å². The Morgan fingerprint density at radius 2 is 2.08 bits per heavy atom. The molecule has 7 nitrogen and oxygen atoms in total. The first-order valence-electron chi connectivity index (χ1n) is 8.70. The maximum atomic E-state index is 5.64. The van der Waals surface area contributed by atoms with Gasteiger partial charge in [0.05, 0.1) is 17.7 Å². The van der Waals surface area contributed by atoms with E-state index in [0.29, 0.717) is 5.92 Å². The summed E-state index contributed by atoms with van der Waals surface area (Å²) in [5.41, 5.74) is 2.23. The average molecular weight is 330 g/mol. The highest BCUT2D eigenvalue weighted by Crippen LogP contribution is 2.44. The molecule has 24 heavy (non-hydrogen) atoms. The fourth-order valence-corrected chi connectivity index (χ4v) is 4.33. The number of nitrogens with zero attached hydrogens (tertiary/aromatic N) is 5. The van der Waals surface area contributed by atoms with E-state index in [9.17, 15) is 0 Å². The highest BCUT2D eigenvalue weighted by molar-refractivity contribution is 5.18. The van der Waals surface area contributed by atoms with Crippen LogP contribution in [0.2, 0.25) is 0 Å². The maximum Gasteiger partial charge on any atom is 0.234 e. The second kappa shape index (κ2) is 5.67. The van der Waals surface area contributed by atoms with E-state index in [4.69, 9.17) is 4.52 Å². The van der Waals surface area contributed by atoms with Crippen LogP contribution in [0.3, 0.4) is 0 Å². The van der Waals surface area contributed by atoms with Crippen LogP contribution in [0.1, 0.15) is 35.3 Å². The van der Waals surface area contributed by atoms with Crippen molar-refractivity contribution in [2.75, 3.05) is 33.2 Å². The predicted molar refractivity (Wildman–Crippen MR) is 89.7 cm³/mol. The molecule has 0 aromatic carbocycles. The smallest absolute Gasteiger partial charge is 0.234 e. The van der Waals surface area contributed by atoms with Crippen LogP contribution in [0.5, 0.6) is 0 Å². The van der Waals surface area contributed by atoms with Crippen molar-refractivity contribution in [3.63, 3.8) is 0 Å². The minimum absolute atomic E-state index is 0.00947. The molecule has 4 heterocycles. The van der Waals surface area contributed by atoms with Gasteiger partial charge in [0, 0.05) is 25.3 Å². The van der Waals surface area contributed by atoms with E-state index >= 15 is 0 Å². The lowest BCUT2D eigenvalue weighted by molar-refractivity contribution is 0.118. The first-order chi connectivity index (χ1) is 11.5. The highest BCUT2D eigenvalue weighted by Gasteiger charge is 2.53. The number of rotatable bonds is 3. The third-order valence-electron chi connectivity index (χ3n) is 5.74. The summed E-state index contributed by atoms with van der Waals surface area (Å²) in [7, 11) is 2.20. The predicted octanol–water partition coefficient (Wildman–Crippen LogP) is 1.42. The minimum Gasteiger partial charge on any atom is -0.345 e. The molecule has 7 heteroatoms. The van der Waals surface area contributed by atoms with E-state index < -0.39 is 0 Å². The first-order valence-corrected chi connectivity index (χ1v) is 8.70. The van der Waals surface area contributed by atoms with E-state index in [1.165, 1.54) is 0 Å². The summed E-state index contributed by atoms with van der Waals surface area (Å²) in [5, 5.41) is 4.05. The van der Waals surface area contributed by atoms with Crippen molar-refractivity contribution in [1.82, 2.24) is 29.9 Å². The molecular formula is C17H26N6O. The molecule has 0 radical (unpaired) electrons. The van der Waals surface area contributed by atoms with Gasteiger partial charge in [-0.15, -0.1) is 0 Å². The molecule has 0 unspecified atom stereocenters. The van der Waals surface area contributed by atoms with E-state index in [1.54, 1.807) is 0 Å². The van der Waals surface area contributed by atoms with E-state index in [-0.39, 0.29) is 5.41 Å². The molecule has 0 spiro atoms. The first kappa shape index (κ1) is 15.8. The van der Waals surface area contributed by atoms with Crippen LogP contribution in [0.15, 0.2) is 4.52 Å². The molecule has 2 fully saturated rings. The summed E-state index contributed by atoms with van der Waals surface area (Å²) in [6.45, 7) is 11.0. The van der Waals surface area contributed by atoms with Crippen LogP contribution in [0, 0.1) is 26.7 Å². The van der Waals surface area contributed by atoms with E-state index in [2.05, 4.69) is 50.8 Å². The van der Waals surface area contributed by atoms with Crippen LogP contribution in [0.4, 0.5) is 0 Å². The van der Waals surface area contributed by atoms with Crippen LogP contribution < -0.4 is 0 Å². The Kier molecular flexibility index (Phi) is 3.73. The lowest BCUT2D eigenvalue weighted by Gasteiger charge is -2.39. The van der Waals surface area contributed by atoms with Crippen molar-refractivity contribution in [2.24, 2.45) is 5.92 Å². The monoisotopic (exact) mass is 330 g/mol. The van der Waals surface area contributed by atoms with Gasteiger partial charge in [0.15, 0.2) is 5.82 Å². The largest absolute Gasteiger partial charge is 0.345 e. The molecule has 2 aromatic rings. The summed E-state index contributed by atoms with van der Waals surface area (Å²) in [5.74, 6) is 3.13. The number of piperidine rings is 1. The fourth-order valence-electron chi connectivity index (χ4n) is 4.33. The summed E-state index contributed by atoms with van der Waals surface area (Å²) in [6, 6.07) is 0. The van der Waals surface area contributed by atoms with Gasteiger partial charge < -0.3 is 14.4 Å². The van der Waals surface area contributed by atoms with Gasteiger partial charge in [0.2, 0.25) is 5.89 Å². The Hall–Kier alpha value is -1.73. The number of likely N-dealkylation sites (tertiary alicyclic amines) is 2. The second-order valence-corrected chi connectivity index (χ2v) is 7.58. The van der Waals surface area contributed by atoms with Gasteiger partial charge in [-0.2, -0.15) is 4.98 Å². The normalized spacial score (nSPS) is 28.4. The summed E-state index contributed by atoms with van der Waals surface area (Å²) < 4.78 is 5.64. The minimum atomic E-state index is -0.00947. The molecule has 2 aromatic heterocycles. The van der Waals surface area contributed by atoms with Crippen molar-refractivity contribution < 1.29 is 4.52 Å². The molecule has 0 bridgehead atoms. The number of H-pyrrole nitrogens is 1. The molecule has 2 aliphatic heterocycles. The zero-order valence-electron chi connectivity index (χ0n) is 15.0. The third-order valence-corrected chi connectivity index (χ3v) is 5.74. The Labute approximate surface area is 142 Å². The van der Waals surface area contributed by atoms with E-state index in [0.717, 1.165) is 68.1 Å². The van der Waals surface area contributed by atoms with Gasteiger partial charge in [-0.05, 0) is 46.7 Å². The van der Waals surface area contributed by atoms with Gasteiger partial charge in [-0.25, -0.2) is 4.98 Å². The van der Waals surface area contributed by atoms with Crippen LogP contribution in [-0.2, 0) is 12.0 Å². The summed E-state index contributed by atoms with van der Waals surface area (Å²) in [6.07, 6.45) is 1.07. The molecule has 2 saturated heterocycles. The number of aryl methyl sites for hydroxylation is 3. The van der Waals surface area contributed by atoms with Crippen LogP contribution >= 0.6 is 0 Å². The zero-order valence-corrected chi connectivity index (χ0v) is 15.0. The molecular weight excluding hydrogens is 304 g/mol. The maximum absolute atomic E-state index is 5.64. The van der Waals surface area contributed by atoms with Crippen molar-refractivity contribution in [3.05, 3.63) is 28.9 Å². The number of aromatic amines is 1. The molecule has 2 atom stereocenters. The number of nitrogens with one attached hydrogen (secondary N) is 1. The number of hydrogen-bond donors (Lipinski definition) is 1. The fraction of sp³-hybridized carbons (Fsp3) is 0.706.